The SMILES string of the molecule is CC(=O)N[C@@H]1[C@@H](O[C@@H]2O[C@H](CO)[C@H](O)[C@H](O[C@@H]3O[C@H](CO)[C@H](O)[C@H](O)[C@H]3O[C@@H]3O[C@@H](C)[C@@H](O)[C@@H](O)[C@@H]3O)[C@H]2O[C@@H]2O[C@@H](C)[C@@H](O)[C@@H](O)[C@@H]2O)[C@@H](O)[C@@H](CO[C@]2(C(=O)O)C[C@H](O)[C@@H](NC(C)=O)[C@H]([C@H](O)[C@H](O)CO)O2)O[C@@H]1O. The molecule has 0 saturated carbocycles. The Balaban J connectivity index is 1.37. The number of aliphatic hydroxyl groups excluding tert-OH is 17. The molecule has 0 unspecified atom stereocenters. The van der Waals surface area contributed by atoms with E-state index < -0.39 is 240 Å². The molecule has 0 aromatic rings. The number of hydrogen-bond acceptors (Lipinski definition) is 31. The van der Waals surface area contributed by atoms with Gasteiger partial charge in [0.1, 0.15) is 128 Å². The molecule has 0 bridgehead atoms. The molecular weight excluding hydrogens is 1060 g/mol. The third-order valence-electron chi connectivity index (χ3n) is 14.1. The molecule has 6 aliphatic rings. The smallest absolute Gasteiger partial charge is 0.364 e. The molecule has 6 rings (SSSR count). The number of carbonyl (C=O) groups excluding carboxylic acids is 2. The average molecular weight is 1130 g/mol. The number of aliphatic hydroxyl groups is 17. The molecule has 0 aromatic carbocycles. The summed E-state index contributed by atoms with van der Waals surface area (Å²) in [4.78, 5) is 37.6. The summed E-state index contributed by atoms with van der Waals surface area (Å²) in [6.07, 6.45) is -56.6. The Labute approximate surface area is 436 Å². The first-order valence-corrected chi connectivity index (χ1v) is 24.5. The molecular formula is C43H72N2O32. The zero-order chi connectivity index (χ0) is 57.3. The molecule has 77 heavy (non-hydrogen) atoms. The van der Waals surface area contributed by atoms with E-state index >= 15 is 0 Å². The fourth-order valence-corrected chi connectivity index (χ4v) is 9.75. The first-order chi connectivity index (χ1) is 36.1. The van der Waals surface area contributed by atoms with Crippen LogP contribution in [0.25, 0.3) is 0 Å². The lowest BCUT2D eigenvalue weighted by molar-refractivity contribution is -0.410. The Hall–Kier alpha value is -2.71. The van der Waals surface area contributed by atoms with Crippen LogP contribution in [0.3, 0.4) is 0 Å². The summed E-state index contributed by atoms with van der Waals surface area (Å²) in [6.45, 7) is 0.0707. The van der Waals surface area contributed by atoms with Crippen molar-refractivity contribution in [2.75, 3.05) is 26.4 Å². The molecule has 34 heteroatoms. The van der Waals surface area contributed by atoms with Crippen molar-refractivity contribution in [3.63, 3.8) is 0 Å². The maximum Gasteiger partial charge on any atom is 0.364 e. The molecule has 6 fully saturated rings. The van der Waals surface area contributed by atoms with Crippen molar-refractivity contribution in [2.24, 2.45) is 0 Å². The predicted octanol–water partition coefficient (Wildman–Crippen LogP) is -12.6. The number of carboxylic acids is 1. The van der Waals surface area contributed by atoms with Crippen LogP contribution in [0.2, 0.25) is 0 Å². The van der Waals surface area contributed by atoms with Crippen molar-refractivity contribution in [2.45, 2.75) is 224 Å². The van der Waals surface area contributed by atoms with Gasteiger partial charge in [-0.2, -0.15) is 0 Å². The molecule has 6 aliphatic heterocycles. The standard InChI is InChI=1S/C43H72N2O32/c1-10-21(53)27(59)30(62)38(68-10)75-35-29(61)24(56)16(7-47)71-40(35)74-34-25(57)17(8-48)72-41(36(34)76-39-31(63)28(60)22(54)11(2)69-39)73-32-20(45-13(4)50)37(64)70-18(26(32)58)9-67-43(42(65)66)5-14(51)19(44-12(3)49)33(77-43)23(55)15(52)6-46/h10-11,14-41,46-48,51-64H,5-9H2,1-4H3,(H,44,49)(H,45,50)(H,65,66)/t10-,11-,14-,15+,16+,17+,18+,19+,20+,21+,22+,23+,24-,25-,26-,27+,28+,29-,30-,31-,32+,33+,34-,35+,36+,37-,38-,39-,40-,41-,43+/m0/s1. The fourth-order valence-electron chi connectivity index (χ4n) is 9.75. The van der Waals surface area contributed by atoms with Crippen molar-refractivity contribution in [1.29, 1.82) is 0 Å². The summed E-state index contributed by atoms with van der Waals surface area (Å²) in [6, 6.07) is -3.50. The molecule has 0 aliphatic carbocycles. The van der Waals surface area contributed by atoms with Gasteiger partial charge in [-0.15, -0.1) is 0 Å². The van der Waals surface area contributed by atoms with Gasteiger partial charge in [-0.05, 0) is 13.8 Å². The van der Waals surface area contributed by atoms with Crippen LogP contribution in [0.4, 0.5) is 0 Å². The predicted molar refractivity (Wildman–Crippen MR) is 237 cm³/mol. The molecule has 446 valence electrons. The lowest BCUT2D eigenvalue weighted by atomic mass is 9.88. The molecule has 6 saturated heterocycles. The number of rotatable bonds is 19. The van der Waals surface area contributed by atoms with Crippen molar-refractivity contribution in [3.8, 4) is 0 Å². The molecule has 34 nitrogen and oxygen atoms in total. The molecule has 0 spiro atoms. The third kappa shape index (κ3) is 13.6. The van der Waals surface area contributed by atoms with E-state index in [2.05, 4.69) is 10.6 Å². The van der Waals surface area contributed by atoms with Crippen LogP contribution in [0.5, 0.6) is 0 Å². The molecule has 0 aromatic heterocycles. The average Bonchev–Trinajstić information content (AvgIpc) is 3.40. The highest BCUT2D eigenvalue weighted by Crippen LogP contribution is 2.39. The number of aliphatic carboxylic acids is 1. The van der Waals surface area contributed by atoms with E-state index in [0.717, 1.165) is 13.8 Å². The largest absolute Gasteiger partial charge is 0.477 e. The zero-order valence-corrected chi connectivity index (χ0v) is 41.6. The Morgan fingerprint density at radius 2 is 1.01 bits per heavy atom. The number of amides is 2. The number of ether oxygens (including phenoxy) is 11. The molecule has 6 heterocycles. The summed E-state index contributed by atoms with van der Waals surface area (Å²) in [5, 5.41) is 199. The first kappa shape index (κ1) is 63.5. The summed E-state index contributed by atoms with van der Waals surface area (Å²) in [7, 11) is 0. The quantitative estimate of drug-likeness (QED) is 0.0571. The molecule has 31 atom stereocenters. The van der Waals surface area contributed by atoms with Gasteiger partial charge < -0.3 is 155 Å². The van der Waals surface area contributed by atoms with Gasteiger partial charge in [-0.1, -0.05) is 0 Å². The van der Waals surface area contributed by atoms with Crippen LogP contribution in [-0.4, -0.2) is 326 Å². The maximum atomic E-state index is 13.0. The first-order valence-electron chi connectivity index (χ1n) is 24.5. The highest BCUT2D eigenvalue weighted by molar-refractivity contribution is 5.76. The lowest BCUT2D eigenvalue weighted by Gasteiger charge is -2.51. The van der Waals surface area contributed by atoms with Crippen LogP contribution in [0.15, 0.2) is 0 Å². The molecule has 2 amide bonds. The van der Waals surface area contributed by atoms with Gasteiger partial charge in [0, 0.05) is 20.3 Å². The minimum atomic E-state index is -3.04. The maximum absolute atomic E-state index is 13.0. The van der Waals surface area contributed by atoms with Gasteiger partial charge in [0.2, 0.25) is 11.8 Å². The van der Waals surface area contributed by atoms with E-state index in [-0.39, 0.29) is 0 Å². The Morgan fingerprint density at radius 1 is 0.545 bits per heavy atom. The zero-order valence-electron chi connectivity index (χ0n) is 41.6. The second kappa shape index (κ2) is 26.5. The van der Waals surface area contributed by atoms with Gasteiger partial charge in [0.15, 0.2) is 31.5 Å². The minimum absolute atomic E-state index is 0.802. The van der Waals surface area contributed by atoms with Crippen LogP contribution >= 0.6 is 0 Å². The number of carbonyl (C=O) groups is 3. The third-order valence-corrected chi connectivity index (χ3v) is 14.1. The number of carboxylic acid groups (broad SMARTS) is 1. The fraction of sp³-hybridized carbons (Fsp3) is 0.930. The van der Waals surface area contributed by atoms with Crippen LogP contribution in [0.1, 0.15) is 34.1 Å². The minimum Gasteiger partial charge on any atom is -0.477 e. The highest BCUT2D eigenvalue weighted by Gasteiger charge is 2.60. The summed E-state index contributed by atoms with van der Waals surface area (Å²) >= 11 is 0. The normalized spacial score (nSPS) is 48.6. The van der Waals surface area contributed by atoms with Crippen molar-refractivity contribution >= 4 is 17.8 Å². The van der Waals surface area contributed by atoms with Gasteiger partial charge in [-0.3, -0.25) is 9.59 Å². The van der Waals surface area contributed by atoms with E-state index in [4.69, 9.17) is 52.1 Å². The van der Waals surface area contributed by atoms with Crippen LogP contribution in [0, 0.1) is 0 Å². The van der Waals surface area contributed by atoms with Gasteiger partial charge in [0.05, 0.1) is 50.8 Å². The monoisotopic (exact) mass is 1130 g/mol. The topological polar surface area (TPSA) is 541 Å². The lowest BCUT2D eigenvalue weighted by Crippen LogP contribution is -2.70. The van der Waals surface area contributed by atoms with E-state index in [0.29, 0.717) is 0 Å². The van der Waals surface area contributed by atoms with Crippen LogP contribution < -0.4 is 10.6 Å². The van der Waals surface area contributed by atoms with Gasteiger partial charge in [-0.25, -0.2) is 4.79 Å². The van der Waals surface area contributed by atoms with E-state index in [1.54, 1.807) is 0 Å². The van der Waals surface area contributed by atoms with Crippen molar-refractivity contribution in [1.82, 2.24) is 10.6 Å². The van der Waals surface area contributed by atoms with E-state index in [1.807, 2.05) is 0 Å². The van der Waals surface area contributed by atoms with Crippen molar-refractivity contribution in [3.05, 3.63) is 0 Å². The summed E-state index contributed by atoms with van der Waals surface area (Å²) < 4.78 is 64.0. The second-order valence-corrected chi connectivity index (χ2v) is 19.7. The Kier molecular flexibility index (Phi) is 21.8. The molecule has 0 radical (unpaired) electrons. The van der Waals surface area contributed by atoms with E-state index in [1.165, 1.54) is 13.8 Å². The Bertz CT molecular complexity index is 1930. The molecule has 20 N–H and O–H groups in total. The highest BCUT2D eigenvalue weighted by atomic mass is 16.8. The van der Waals surface area contributed by atoms with Crippen molar-refractivity contribution < 1.29 is 158 Å². The second-order valence-electron chi connectivity index (χ2n) is 19.7. The number of hydrogen-bond donors (Lipinski definition) is 20. The number of nitrogens with one attached hydrogen (secondary N) is 2. The van der Waals surface area contributed by atoms with Crippen LogP contribution in [-0.2, 0) is 66.5 Å². The van der Waals surface area contributed by atoms with Gasteiger partial charge >= 0.3 is 5.97 Å². The van der Waals surface area contributed by atoms with Gasteiger partial charge in [0.25, 0.3) is 5.79 Å². The summed E-state index contributed by atoms with van der Waals surface area (Å²) in [5.41, 5.74) is 0. The van der Waals surface area contributed by atoms with E-state index in [9.17, 15) is 106 Å². The Morgan fingerprint density at radius 3 is 1.52 bits per heavy atom. The summed E-state index contributed by atoms with van der Waals surface area (Å²) in [5.74, 6) is -6.74.